The fourth-order valence-corrected chi connectivity index (χ4v) is 3.09. The average molecular weight is 387 g/mol. The molecular weight excluding hydrogens is 360 g/mol. The number of nitrogens with zero attached hydrogens (tertiary/aromatic N) is 1. The van der Waals surface area contributed by atoms with Crippen LogP contribution >= 0.6 is 11.6 Å². The molecule has 4 nitrogen and oxygen atoms in total. The van der Waals surface area contributed by atoms with Gasteiger partial charge >= 0.3 is 0 Å². The smallest absolute Gasteiger partial charge is 0.242 e. The van der Waals surface area contributed by atoms with Crippen molar-refractivity contribution < 1.29 is 9.59 Å². The number of aryl methyl sites for hydroxylation is 1. The number of carbonyl (C=O) groups is 2. The Labute approximate surface area is 166 Å². The number of halogens is 1. The zero-order valence-electron chi connectivity index (χ0n) is 16.2. The molecule has 27 heavy (non-hydrogen) atoms. The van der Waals surface area contributed by atoms with Gasteiger partial charge < -0.3 is 10.2 Å². The molecule has 1 atom stereocenters. The highest BCUT2D eigenvalue weighted by atomic mass is 35.5. The Bertz CT molecular complexity index is 791. The van der Waals surface area contributed by atoms with E-state index in [1.165, 1.54) is 0 Å². The Morgan fingerprint density at radius 1 is 1.15 bits per heavy atom. The van der Waals surface area contributed by atoms with E-state index in [0.717, 1.165) is 23.1 Å². The molecule has 1 N–H and O–H groups in total. The first-order chi connectivity index (χ1) is 12.9. The van der Waals surface area contributed by atoms with Crippen LogP contribution in [0.1, 0.15) is 37.0 Å². The van der Waals surface area contributed by atoms with Gasteiger partial charge in [0.15, 0.2) is 0 Å². The lowest BCUT2D eigenvalue weighted by Gasteiger charge is -2.29. The predicted molar refractivity (Wildman–Crippen MR) is 110 cm³/mol. The number of amides is 2. The van der Waals surface area contributed by atoms with Crippen molar-refractivity contribution in [1.82, 2.24) is 10.2 Å². The molecule has 0 aromatic heterocycles. The quantitative estimate of drug-likeness (QED) is 0.741. The highest BCUT2D eigenvalue weighted by molar-refractivity contribution is 6.30. The van der Waals surface area contributed by atoms with Crippen molar-refractivity contribution in [3.8, 4) is 0 Å². The number of hydrogen-bond donors (Lipinski definition) is 1. The van der Waals surface area contributed by atoms with Crippen LogP contribution in [0, 0.1) is 6.92 Å². The van der Waals surface area contributed by atoms with Gasteiger partial charge in [0.1, 0.15) is 6.04 Å². The summed E-state index contributed by atoms with van der Waals surface area (Å²) in [6, 6.07) is 14.6. The summed E-state index contributed by atoms with van der Waals surface area (Å²) in [6.45, 7) is 6.78. The Kier molecular flexibility index (Phi) is 7.86. The Hall–Kier alpha value is -2.33. The molecule has 2 aromatic carbocycles. The van der Waals surface area contributed by atoms with Crippen LogP contribution in [0.15, 0.2) is 48.5 Å². The van der Waals surface area contributed by atoms with Crippen molar-refractivity contribution in [1.29, 1.82) is 0 Å². The van der Waals surface area contributed by atoms with Gasteiger partial charge in [-0.25, -0.2) is 0 Å². The maximum Gasteiger partial charge on any atom is 0.242 e. The molecule has 2 amide bonds. The van der Waals surface area contributed by atoms with Gasteiger partial charge in [0.2, 0.25) is 11.8 Å². The molecule has 0 radical (unpaired) electrons. The number of rotatable bonds is 8. The van der Waals surface area contributed by atoms with E-state index >= 15 is 0 Å². The van der Waals surface area contributed by atoms with Crippen molar-refractivity contribution in [2.45, 2.75) is 46.2 Å². The van der Waals surface area contributed by atoms with Crippen molar-refractivity contribution in [2.24, 2.45) is 0 Å². The monoisotopic (exact) mass is 386 g/mol. The second-order valence-corrected chi connectivity index (χ2v) is 7.16. The van der Waals surface area contributed by atoms with Crippen molar-refractivity contribution in [2.75, 3.05) is 6.54 Å². The number of benzene rings is 2. The van der Waals surface area contributed by atoms with Crippen molar-refractivity contribution >= 4 is 23.4 Å². The van der Waals surface area contributed by atoms with Crippen LogP contribution in [0.4, 0.5) is 0 Å². The standard InChI is InChI=1S/C22H27ClN2O2/c1-4-12-24-22(27)17(3)25(15-19-10-6-5-8-16(19)2)21(26)14-18-9-7-11-20(23)13-18/h5-11,13,17H,4,12,14-15H2,1-3H3,(H,24,27)/t17-/m0/s1. The SMILES string of the molecule is CCCNC(=O)[C@H](C)N(Cc1ccccc1C)C(=O)Cc1cccc(Cl)c1. The predicted octanol–water partition coefficient (Wildman–Crippen LogP) is 4.13. The molecule has 0 aliphatic carbocycles. The van der Waals surface area contributed by atoms with Crippen LogP contribution in [0.5, 0.6) is 0 Å². The first-order valence-corrected chi connectivity index (χ1v) is 9.66. The highest BCUT2D eigenvalue weighted by Crippen LogP contribution is 2.17. The van der Waals surface area contributed by atoms with E-state index in [0.29, 0.717) is 18.1 Å². The molecule has 0 bridgehead atoms. The number of carbonyl (C=O) groups excluding carboxylic acids is 2. The molecule has 0 heterocycles. The van der Waals surface area contributed by atoms with Crippen molar-refractivity contribution in [3.63, 3.8) is 0 Å². The van der Waals surface area contributed by atoms with Crippen LogP contribution in [-0.2, 0) is 22.6 Å². The van der Waals surface area contributed by atoms with Crippen LogP contribution in [-0.4, -0.2) is 29.3 Å². The Morgan fingerprint density at radius 2 is 1.89 bits per heavy atom. The summed E-state index contributed by atoms with van der Waals surface area (Å²) >= 11 is 6.04. The number of nitrogens with one attached hydrogen (secondary N) is 1. The summed E-state index contributed by atoms with van der Waals surface area (Å²) in [5, 5.41) is 3.48. The topological polar surface area (TPSA) is 49.4 Å². The molecule has 5 heteroatoms. The second kappa shape index (κ2) is 10.1. The zero-order chi connectivity index (χ0) is 19.8. The van der Waals surface area contributed by atoms with Gasteiger partial charge in [0.05, 0.1) is 6.42 Å². The highest BCUT2D eigenvalue weighted by Gasteiger charge is 2.26. The first kappa shape index (κ1) is 21.0. The maximum atomic E-state index is 13.1. The van der Waals surface area contributed by atoms with Gasteiger partial charge in [0.25, 0.3) is 0 Å². The number of hydrogen-bond acceptors (Lipinski definition) is 2. The fourth-order valence-electron chi connectivity index (χ4n) is 2.87. The molecule has 0 saturated heterocycles. The van der Waals surface area contributed by atoms with Gasteiger partial charge in [-0.15, -0.1) is 0 Å². The van der Waals surface area contributed by atoms with Crippen LogP contribution in [0.25, 0.3) is 0 Å². The largest absolute Gasteiger partial charge is 0.354 e. The minimum absolute atomic E-state index is 0.0975. The molecule has 0 fully saturated rings. The summed E-state index contributed by atoms with van der Waals surface area (Å²) in [5.41, 5.74) is 2.97. The molecule has 0 unspecified atom stereocenters. The minimum Gasteiger partial charge on any atom is -0.354 e. The van der Waals surface area contributed by atoms with E-state index < -0.39 is 6.04 Å². The van der Waals surface area contributed by atoms with E-state index in [9.17, 15) is 9.59 Å². The lowest BCUT2D eigenvalue weighted by atomic mass is 10.1. The maximum absolute atomic E-state index is 13.1. The fraction of sp³-hybridized carbons (Fsp3) is 0.364. The van der Waals surface area contributed by atoms with E-state index in [2.05, 4.69) is 5.32 Å². The summed E-state index contributed by atoms with van der Waals surface area (Å²) in [7, 11) is 0. The third-order valence-corrected chi connectivity index (χ3v) is 4.80. The van der Waals surface area contributed by atoms with E-state index in [1.807, 2.05) is 50.2 Å². The van der Waals surface area contributed by atoms with E-state index in [4.69, 9.17) is 11.6 Å². The third kappa shape index (κ3) is 6.10. The van der Waals surface area contributed by atoms with Gasteiger partial charge in [0, 0.05) is 18.1 Å². The van der Waals surface area contributed by atoms with Gasteiger partial charge in [-0.2, -0.15) is 0 Å². The molecular formula is C22H27ClN2O2. The molecule has 2 rings (SSSR count). The third-order valence-electron chi connectivity index (χ3n) is 4.56. The lowest BCUT2D eigenvalue weighted by Crippen LogP contribution is -2.48. The Morgan fingerprint density at radius 3 is 2.56 bits per heavy atom. The summed E-state index contributed by atoms with van der Waals surface area (Å²) in [6.07, 6.45) is 1.06. The zero-order valence-corrected chi connectivity index (χ0v) is 16.9. The molecule has 0 aliphatic rings. The molecule has 0 aliphatic heterocycles. The second-order valence-electron chi connectivity index (χ2n) is 6.72. The van der Waals surface area contributed by atoms with Crippen LogP contribution in [0.3, 0.4) is 0 Å². The van der Waals surface area contributed by atoms with Crippen LogP contribution in [0.2, 0.25) is 5.02 Å². The Balaban J connectivity index is 2.23. The molecule has 144 valence electrons. The lowest BCUT2D eigenvalue weighted by molar-refractivity contribution is -0.140. The summed E-state index contributed by atoms with van der Waals surface area (Å²) in [5.74, 6) is -0.232. The van der Waals surface area contributed by atoms with E-state index in [-0.39, 0.29) is 18.2 Å². The molecule has 0 spiro atoms. The van der Waals surface area contributed by atoms with Crippen molar-refractivity contribution in [3.05, 3.63) is 70.2 Å². The summed E-state index contributed by atoms with van der Waals surface area (Å²) < 4.78 is 0. The average Bonchev–Trinajstić information content (AvgIpc) is 2.64. The van der Waals surface area contributed by atoms with Crippen LogP contribution < -0.4 is 5.32 Å². The normalized spacial score (nSPS) is 11.7. The van der Waals surface area contributed by atoms with Gasteiger partial charge in [-0.1, -0.05) is 54.9 Å². The van der Waals surface area contributed by atoms with Gasteiger partial charge in [-0.3, -0.25) is 9.59 Å². The molecule has 0 saturated carbocycles. The minimum atomic E-state index is -0.553. The van der Waals surface area contributed by atoms with E-state index in [1.54, 1.807) is 24.0 Å². The summed E-state index contributed by atoms with van der Waals surface area (Å²) in [4.78, 5) is 27.2. The van der Waals surface area contributed by atoms with Gasteiger partial charge in [-0.05, 0) is 49.1 Å². The first-order valence-electron chi connectivity index (χ1n) is 9.28. The molecule has 2 aromatic rings.